The summed E-state index contributed by atoms with van der Waals surface area (Å²) in [4.78, 5) is 22.9. The second kappa shape index (κ2) is 9.07. The summed E-state index contributed by atoms with van der Waals surface area (Å²) in [6.07, 6.45) is 1.93. The van der Waals surface area contributed by atoms with Crippen LogP contribution in [0.4, 0.5) is 20.3 Å². The first-order chi connectivity index (χ1) is 15.0. The molecule has 160 valence electrons. The Bertz CT molecular complexity index is 1080. The Kier molecular flexibility index (Phi) is 6.06. The van der Waals surface area contributed by atoms with Crippen molar-refractivity contribution >= 4 is 17.4 Å². The number of para-hydroxylation sites is 1. The molecule has 4 rings (SSSR count). The average molecular weight is 424 g/mol. The molecule has 31 heavy (non-hydrogen) atoms. The van der Waals surface area contributed by atoms with Gasteiger partial charge in [-0.05, 0) is 49.7 Å². The first-order valence-corrected chi connectivity index (χ1v) is 10.0. The van der Waals surface area contributed by atoms with E-state index in [1.807, 2.05) is 19.1 Å². The number of hydrogen-bond acceptors (Lipinski definition) is 5. The maximum Gasteiger partial charge on any atom is 0.260 e. The van der Waals surface area contributed by atoms with Gasteiger partial charge in [0.25, 0.3) is 5.91 Å². The van der Waals surface area contributed by atoms with E-state index in [4.69, 9.17) is 4.74 Å². The first-order valence-electron chi connectivity index (χ1n) is 10.0. The molecule has 3 aromatic rings. The number of nitrogens with zero attached hydrogens (tertiary/aromatic N) is 3. The number of ether oxygens (including phenoxy) is 1. The van der Waals surface area contributed by atoms with Gasteiger partial charge in [0.1, 0.15) is 11.6 Å². The third-order valence-electron chi connectivity index (χ3n) is 5.12. The molecule has 1 unspecified atom stereocenters. The molecule has 0 aliphatic carbocycles. The number of aromatic nitrogens is 2. The monoisotopic (exact) mass is 424 g/mol. The molecule has 1 aromatic carbocycles. The summed E-state index contributed by atoms with van der Waals surface area (Å²) < 4.78 is 32.1. The lowest BCUT2D eigenvalue weighted by Crippen LogP contribution is -2.33. The SMILES string of the molecule is Cc1cc(Nc2ccc(F)cn2)cc(C2CCN(C(=O)COc3ccccc3F)C2)n1. The molecule has 0 radical (unpaired) electrons. The molecule has 6 nitrogen and oxygen atoms in total. The van der Waals surface area contributed by atoms with Crippen LogP contribution in [0.3, 0.4) is 0 Å². The summed E-state index contributed by atoms with van der Waals surface area (Å²) in [7, 11) is 0. The van der Waals surface area contributed by atoms with Crippen LogP contribution in [0.1, 0.15) is 23.7 Å². The number of carbonyl (C=O) groups excluding carboxylic acids is 1. The molecule has 1 N–H and O–H groups in total. The van der Waals surface area contributed by atoms with E-state index < -0.39 is 11.6 Å². The number of hydrogen-bond donors (Lipinski definition) is 1. The number of benzene rings is 1. The van der Waals surface area contributed by atoms with Crippen molar-refractivity contribution in [3.05, 3.63) is 77.8 Å². The van der Waals surface area contributed by atoms with Crippen LogP contribution < -0.4 is 10.1 Å². The number of nitrogens with one attached hydrogen (secondary N) is 1. The molecule has 0 bridgehead atoms. The van der Waals surface area contributed by atoms with Gasteiger partial charge in [0.15, 0.2) is 18.2 Å². The van der Waals surface area contributed by atoms with Crippen LogP contribution in [0, 0.1) is 18.6 Å². The molecule has 0 spiro atoms. The fraction of sp³-hybridized carbons (Fsp3) is 0.261. The number of carbonyl (C=O) groups is 1. The lowest BCUT2D eigenvalue weighted by Gasteiger charge is -2.17. The highest BCUT2D eigenvalue weighted by atomic mass is 19.1. The maximum absolute atomic E-state index is 13.7. The lowest BCUT2D eigenvalue weighted by atomic mass is 10.0. The van der Waals surface area contributed by atoms with Gasteiger partial charge in [0, 0.05) is 36.1 Å². The van der Waals surface area contributed by atoms with Gasteiger partial charge in [-0.25, -0.2) is 13.8 Å². The summed E-state index contributed by atoms with van der Waals surface area (Å²) in [5.74, 6) is -0.393. The highest BCUT2D eigenvalue weighted by Gasteiger charge is 2.29. The second-order valence-corrected chi connectivity index (χ2v) is 7.45. The smallest absolute Gasteiger partial charge is 0.260 e. The summed E-state index contributed by atoms with van der Waals surface area (Å²) >= 11 is 0. The molecule has 1 aliphatic rings. The Hall–Kier alpha value is -3.55. The Balaban J connectivity index is 1.39. The topological polar surface area (TPSA) is 67.4 Å². The van der Waals surface area contributed by atoms with E-state index in [0.717, 1.165) is 29.7 Å². The highest BCUT2D eigenvalue weighted by Crippen LogP contribution is 2.29. The van der Waals surface area contributed by atoms with Crippen molar-refractivity contribution in [1.82, 2.24) is 14.9 Å². The molecule has 8 heteroatoms. The van der Waals surface area contributed by atoms with E-state index in [1.54, 1.807) is 23.1 Å². The number of amides is 1. The zero-order chi connectivity index (χ0) is 21.8. The van der Waals surface area contributed by atoms with Gasteiger partial charge in [-0.2, -0.15) is 0 Å². The van der Waals surface area contributed by atoms with Crippen molar-refractivity contribution in [2.24, 2.45) is 0 Å². The highest BCUT2D eigenvalue weighted by molar-refractivity contribution is 5.78. The van der Waals surface area contributed by atoms with Gasteiger partial charge in [0.2, 0.25) is 0 Å². The number of anilines is 2. The van der Waals surface area contributed by atoms with Gasteiger partial charge in [-0.1, -0.05) is 12.1 Å². The van der Waals surface area contributed by atoms with Crippen LogP contribution in [0.2, 0.25) is 0 Å². The molecule has 0 saturated carbocycles. The number of rotatable bonds is 6. The zero-order valence-electron chi connectivity index (χ0n) is 17.0. The van der Waals surface area contributed by atoms with Crippen molar-refractivity contribution < 1.29 is 18.3 Å². The Morgan fingerprint density at radius 3 is 2.84 bits per heavy atom. The summed E-state index contributed by atoms with van der Waals surface area (Å²) in [5, 5.41) is 3.16. The van der Waals surface area contributed by atoms with E-state index in [2.05, 4.69) is 15.3 Å². The van der Waals surface area contributed by atoms with E-state index in [0.29, 0.717) is 18.9 Å². The van der Waals surface area contributed by atoms with Gasteiger partial charge in [0.05, 0.1) is 6.20 Å². The number of pyridine rings is 2. The minimum absolute atomic E-state index is 0.0667. The van der Waals surface area contributed by atoms with Crippen molar-refractivity contribution in [3.8, 4) is 5.75 Å². The predicted octanol–water partition coefficient (Wildman–Crippen LogP) is 4.20. The van der Waals surface area contributed by atoms with Crippen LogP contribution in [0.25, 0.3) is 0 Å². The number of halogens is 2. The van der Waals surface area contributed by atoms with E-state index in [-0.39, 0.29) is 24.2 Å². The molecule has 1 aliphatic heterocycles. The third kappa shape index (κ3) is 5.14. The minimum Gasteiger partial charge on any atom is -0.481 e. The van der Waals surface area contributed by atoms with E-state index in [9.17, 15) is 13.6 Å². The molecule has 1 amide bonds. The van der Waals surface area contributed by atoms with Crippen molar-refractivity contribution in [2.75, 3.05) is 25.0 Å². The third-order valence-corrected chi connectivity index (χ3v) is 5.12. The fourth-order valence-electron chi connectivity index (χ4n) is 3.59. The number of aryl methyl sites for hydroxylation is 1. The Morgan fingerprint density at radius 1 is 1.23 bits per heavy atom. The minimum atomic E-state index is -0.491. The summed E-state index contributed by atoms with van der Waals surface area (Å²) in [6.45, 7) is 2.79. The normalized spacial score (nSPS) is 15.7. The second-order valence-electron chi connectivity index (χ2n) is 7.45. The molecule has 3 heterocycles. The molecular weight excluding hydrogens is 402 g/mol. The predicted molar refractivity (Wildman–Crippen MR) is 112 cm³/mol. The molecule has 2 aromatic heterocycles. The van der Waals surface area contributed by atoms with Gasteiger partial charge < -0.3 is 15.0 Å². The van der Waals surface area contributed by atoms with Crippen LogP contribution in [0.5, 0.6) is 5.75 Å². The quantitative estimate of drug-likeness (QED) is 0.642. The van der Waals surface area contributed by atoms with Crippen LogP contribution in [0.15, 0.2) is 54.7 Å². The van der Waals surface area contributed by atoms with E-state index >= 15 is 0 Å². The van der Waals surface area contributed by atoms with Crippen LogP contribution in [-0.2, 0) is 4.79 Å². The average Bonchev–Trinajstić information content (AvgIpc) is 3.25. The van der Waals surface area contributed by atoms with Crippen molar-refractivity contribution in [1.29, 1.82) is 0 Å². The van der Waals surface area contributed by atoms with E-state index in [1.165, 1.54) is 18.2 Å². The molecule has 1 saturated heterocycles. The molecular formula is C23H22F2N4O2. The molecule has 1 atom stereocenters. The maximum atomic E-state index is 13.7. The fourth-order valence-corrected chi connectivity index (χ4v) is 3.59. The Morgan fingerprint density at radius 2 is 2.06 bits per heavy atom. The number of likely N-dealkylation sites (tertiary alicyclic amines) is 1. The van der Waals surface area contributed by atoms with Crippen molar-refractivity contribution in [2.45, 2.75) is 19.3 Å². The molecule has 1 fully saturated rings. The van der Waals surface area contributed by atoms with Gasteiger partial charge in [-0.3, -0.25) is 9.78 Å². The van der Waals surface area contributed by atoms with Crippen molar-refractivity contribution in [3.63, 3.8) is 0 Å². The summed E-state index contributed by atoms with van der Waals surface area (Å²) in [6, 6.07) is 12.7. The Labute approximate surface area is 178 Å². The van der Waals surface area contributed by atoms with Gasteiger partial charge >= 0.3 is 0 Å². The van der Waals surface area contributed by atoms with Crippen LogP contribution >= 0.6 is 0 Å². The lowest BCUT2D eigenvalue weighted by molar-refractivity contribution is -0.132. The summed E-state index contributed by atoms with van der Waals surface area (Å²) in [5.41, 5.74) is 2.50. The largest absolute Gasteiger partial charge is 0.481 e. The van der Waals surface area contributed by atoms with Gasteiger partial charge in [-0.15, -0.1) is 0 Å². The standard InChI is InChI=1S/C23H22F2N4O2/c1-15-10-18(28-22-7-6-17(24)12-26-22)11-20(27-15)16-8-9-29(13-16)23(30)14-31-21-5-3-2-4-19(21)25/h2-7,10-12,16H,8-9,13-14H2,1H3,(H,26,27,28). The van der Waals surface area contributed by atoms with Crippen LogP contribution in [-0.4, -0.2) is 40.5 Å². The first kappa shape index (κ1) is 20.7. The zero-order valence-corrected chi connectivity index (χ0v) is 17.0.